The van der Waals surface area contributed by atoms with Crippen LogP contribution in [-0.2, 0) is 11.8 Å². The minimum atomic E-state index is -0.277. The van der Waals surface area contributed by atoms with Gasteiger partial charge in [-0.15, -0.1) is 5.10 Å². The Kier molecular flexibility index (Phi) is 4.11. The Morgan fingerprint density at radius 2 is 2.18 bits per heavy atom. The summed E-state index contributed by atoms with van der Waals surface area (Å²) < 4.78 is 3.08. The number of carbonyl (C=O) groups is 1. The van der Waals surface area contributed by atoms with E-state index in [1.165, 1.54) is 17.4 Å². The van der Waals surface area contributed by atoms with E-state index in [0.29, 0.717) is 0 Å². The lowest BCUT2D eigenvalue weighted by atomic mass is 10.2. The average Bonchev–Trinajstić information content (AvgIpc) is 2.88. The fourth-order valence-corrected chi connectivity index (χ4v) is 2.95. The summed E-state index contributed by atoms with van der Waals surface area (Å²) in [6.45, 7) is 0. The highest BCUT2D eigenvalue weighted by Gasteiger charge is 2.01. The van der Waals surface area contributed by atoms with Crippen LogP contribution in [0.3, 0.4) is 0 Å². The molecule has 2 aromatic heterocycles. The van der Waals surface area contributed by atoms with Gasteiger partial charge in [0.25, 0.3) is 5.91 Å². The van der Waals surface area contributed by atoms with E-state index in [0.717, 1.165) is 20.6 Å². The van der Waals surface area contributed by atoms with Gasteiger partial charge in [-0.25, -0.2) is 5.43 Å². The summed E-state index contributed by atoms with van der Waals surface area (Å²) >= 11 is 1.53. The van der Waals surface area contributed by atoms with Gasteiger partial charge in [0.05, 0.1) is 10.2 Å². The summed E-state index contributed by atoms with van der Waals surface area (Å²) in [4.78, 5) is 16.5. The van der Waals surface area contributed by atoms with Gasteiger partial charge in [0.2, 0.25) is 4.80 Å². The van der Waals surface area contributed by atoms with Gasteiger partial charge in [0.15, 0.2) is 0 Å². The lowest BCUT2D eigenvalue weighted by Gasteiger charge is -1.95. The van der Waals surface area contributed by atoms with Crippen molar-refractivity contribution in [3.63, 3.8) is 0 Å². The highest BCUT2D eigenvalue weighted by molar-refractivity contribution is 7.16. The molecular formula is C16H14N4OS. The molecule has 6 heteroatoms. The maximum Gasteiger partial charge on any atom is 0.264 e. The molecule has 22 heavy (non-hydrogen) atoms. The molecule has 0 bridgehead atoms. The van der Waals surface area contributed by atoms with Crippen molar-refractivity contribution in [2.24, 2.45) is 12.1 Å². The fraction of sp³-hybridized carbons (Fsp3) is 0.0625. The Balaban J connectivity index is 1.76. The third-order valence-corrected chi connectivity index (χ3v) is 4.20. The van der Waals surface area contributed by atoms with Crippen LogP contribution in [0.2, 0.25) is 0 Å². The van der Waals surface area contributed by atoms with Gasteiger partial charge in [0.1, 0.15) is 0 Å². The van der Waals surface area contributed by atoms with Gasteiger partial charge in [0, 0.05) is 25.5 Å². The van der Waals surface area contributed by atoms with Gasteiger partial charge >= 0.3 is 0 Å². The zero-order valence-corrected chi connectivity index (χ0v) is 12.7. The van der Waals surface area contributed by atoms with E-state index >= 15 is 0 Å². The molecule has 0 saturated carbocycles. The van der Waals surface area contributed by atoms with Crippen molar-refractivity contribution < 1.29 is 4.79 Å². The second-order valence-electron chi connectivity index (χ2n) is 4.62. The lowest BCUT2D eigenvalue weighted by molar-refractivity contribution is -0.116. The van der Waals surface area contributed by atoms with Crippen LogP contribution in [0.4, 0.5) is 0 Å². The molecular weight excluding hydrogens is 296 g/mol. The van der Waals surface area contributed by atoms with Crippen molar-refractivity contribution in [1.29, 1.82) is 0 Å². The third kappa shape index (κ3) is 3.12. The zero-order chi connectivity index (χ0) is 15.4. The maximum absolute atomic E-state index is 11.8. The first kappa shape index (κ1) is 14.2. The maximum atomic E-state index is 11.8. The molecule has 0 atom stereocenters. The number of rotatable bonds is 3. The molecule has 0 spiro atoms. The molecule has 0 radical (unpaired) electrons. The minimum absolute atomic E-state index is 0.277. The number of hydrogen-bond acceptors (Lipinski definition) is 4. The lowest BCUT2D eigenvalue weighted by Crippen LogP contribution is -2.21. The van der Waals surface area contributed by atoms with Crippen LogP contribution >= 0.6 is 11.3 Å². The van der Waals surface area contributed by atoms with E-state index in [-0.39, 0.29) is 5.91 Å². The van der Waals surface area contributed by atoms with Crippen LogP contribution in [0.15, 0.2) is 60.0 Å². The normalized spacial score (nSPS) is 12.1. The Morgan fingerprint density at radius 1 is 1.32 bits per heavy atom. The van der Waals surface area contributed by atoms with E-state index < -0.39 is 0 Å². The van der Waals surface area contributed by atoms with Gasteiger partial charge < -0.3 is 4.57 Å². The van der Waals surface area contributed by atoms with E-state index in [9.17, 15) is 4.79 Å². The average molecular weight is 310 g/mol. The molecule has 1 N–H and O–H groups in total. The summed E-state index contributed by atoms with van der Waals surface area (Å²) in [5.74, 6) is -0.277. The number of nitrogens with zero attached hydrogens (tertiary/aromatic N) is 3. The number of thiazole rings is 1. The van der Waals surface area contributed by atoms with Crippen molar-refractivity contribution in [2.75, 3.05) is 0 Å². The van der Waals surface area contributed by atoms with Gasteiger partial charge in [-0.05, 0) is 29.8 Å². The number of hydrogen-bond donors (Lipinski definition) is 1. The van der Waals surface area contributed by atoms with Crippen molar-refractivity contribution in [1.82, 2.24) is 15.0 Å². The van der Waals surface area contributed by atoms with Crippen LogP contribution < -0.4 is 10.2 Å². The number of nitrogens with one attached hydrogen (secondary N) is 1. The van der Waals surface area contributed by atoms with Gasteiger partial charge in [-0.1, -0.05) is 29.5 Å². The smallest absolute Gasteiger partial charge is 0.264 e. The van der Waals surface area contributed by atoms with E-state index in [2.05, 4.69) is 15.5 Å². The first-order valence-corrected chi connectivity index (χ1v) is 7.52. The quantitative estimate of drug-likeness (QED) is 0.596. The summed E-state index contributed by atoms with van der Waals surface area (Å²) in [5, 5.41) is 4.17. The third-order valence-electron chi connectivity index (χ3n) is 3.09. The highest BCUT2D eigenvalue weighted by atomic mass is 32.1. The van der Waals surface area contributed by atoms with Crippen LogP contribution in [0, 0.1) is 0 Å². The van der Waals surface area contributed by atoms with Crippen molar-refractivity contribution in [2.45, 2.75) is 0 Å². The number of aromatic nitrogens is 2. The van der Waals surface area contributed by atoms with Crippen LogP contribution in [0.5, 0.6) is 0 Å². The summed E-state index contributed by atoms with van der Waals surface area (Å²) in [6.07, 6.45) is 6.51. The molecule has 0 aliphatic carbocycles. The van der Waals surface area contributed by atoms with E-state index in [1.807, 2.05) is 48.0 Å². The van der Waals surface area contributed by atoms with Crippen LogP contribution in [0.25, 0.3) is 16.3 Å². The van der Waals surface area contributed by atoms with E-state index in [4.69, 9.17) is 0 Å². The van der Waals surface area contributed by atoms with Crippen molar-refractivity contribution in [3.05, 3.63) is 65.2 Å². The number of benzene rings is 1. The second kappa shape index (κ2) is 6.36. The van der Waals surface area contributed by atoms with E-state index in [1.54, 1.807) is 18.5 Å². The molecule has 0 aliphatic heterocycles. The Labute approximate surface area is 131 Å². The van der Waals surface area contributed by atoms with Gasteiger partial charge in [-0.3, -0.25) is 9.78 Å². The number of fused-ring (bicyclic) bond motifs is 1. The van der Waals surface area contributed by atoms with Crippen LogP contribution in [-0.4, -0.2) is 15.5 Å². The topological polar surface area (TPSA) is 59.3 Å². The second-order valence-corrected chi connectivity index (χ2v) is 5.63. The summed E-state index contributed by atoms with van der Waals surface area (Å²) in [6, 6.07) is 11.7. The molecule has 0 saturated heterocycles. The summed E-state index contributed by atoms with van der Waals surface area (Å²) in [7, 11) is 1.93. The molecule has 1 aromatic carbocycles. The number of pyridine rings is 1. The summed E-state index contributed by atoms with van der Waals surface area (Å²) in [5.41, 5.74) is 4.49. The SMILES string of the molecule is Cn1/c(=N/NC(=O)/C=C/c2cccnc2)sc2ccccc21. The largest absolute Gasteiger partial charge is 0.318 e. The van der Waals surface area contributed by atoms with Crippen molar-refractivity contribution in [3.8, 4) is 0 Å². The van der Waals surface area contributed by atoms with Gasteiger partial charge in [-0.2, -0.15) is 0 Å². The molecule has 1 amide bonds. The molecule has 0 fully saturated rings. The number of amides is 1. The number of aryl methyl sites for hydroxylation is 1. The Hall–Kier alpha value is -2.73. The first-order chi connectivity index (χ1) is 10.7. The molecule has 2 heterocycles. The molecule has 5 nitrogen and oxygen atoms in total. The fourth-order valence-electron chi connectivity index (χ4n) is 1.97. The highest BCUT2D eigenvalue weighted by Crippen LogP contribution is 2.14. The monoisotopic (exact) mass is 310 g/mol. The van der Waals surface area contributed by atoms with Crippen molar-refractivity contribution >= 4 is 33.5 Å². The molecule has 3 rings (SSSR count). The standard InChI is InChI=1S/C16H14N4OS/c1-20-13-6-2-3-7-14(13)22-16(20)19-18-15(21)9-8-12-5-4-10-17-11-12/h2-11H,1H3,(H,18,21)/b9-8+,19-16-. The first-order valence-electron chi connectivity index (χ1n) is 6.70. The minimum Gasteiger partial charge on any atom is -0.318 e. The Bertz CT molecular complexity index is 893. The number of para-hydroxylation sites is 1. The Morgan fingerprint density at radius 3 is 2.95 bits per heavy atom. The molecule has 110 valence electrons. The molecule has 0 unspecified atom stereocenters. The molecule has 0 aliphatic rings. The van der Waals surface area contributed by atoms with Crippen LogP contribution in [0.1, 0.15) is 5.56 Å². The zero-order valence-electron chi connectivity index (χ0n) is 11.9. The predicted molar refractivity (Wildman–Crippen MR) is 87.8 cm³/mol. The molecule has 3 aromatic rings. The number of carbonyl (C=O) groups excluding carboxylic acids is 1. The predicted octanol–water partition coefficient (Wildman–Crippen LogP) is 2.28.